The van der Waals surface area contributed by atoms with Gasteiger partial charge in [-0.3, -0.25) is 9.88 Å². The van der Waals surface area contributed by atoms with Crippen molar-refractivity contribution in [2.75, 3.05) is 19.6 Å². The summed E-state index contributed by atoms with van der Waals surface area (Å²) in [6.45, 7) is 14.9. The van der Waals surface area contributed by atoms with E-state index in [9.17, 15) is 0 Å². The number of pyridine rings is 1. The van der Waals surface area contributed by atoms with Crippen molar-refractivity contribution in [1.29, 1.82) is 0 Å². The Morgan fingerprint density at radius 1 is 1.17 bits per heavy atom. The number of benzene rings is 1. The molecule has 0 bridgehead atoms. The molecule has 1 aromatic carbocycles. The molecule has 5 atom stereocenters. The standard InChI is InChI=1S/C29H36ClN3OS/c1-16-10-19(30)11-22(27(16)34-20-7-6-17(2)32-13-20)21-8-9-31-25-12-26(35-28(21)25)18(3)33-14-23-24(15-33)29(23,4)5/h8-12,17-18,20,23-24,32H,6-7,13-15H2,1-5H3/t17?,18-,20?,23?,24?/m1/s1. The Kier molecular flexibility index (Phi) is 5.91. The van der Waals surface area contributed by atoms with Gasteiger partial charge in [0.1, 0.15) is 11.9 Å². The summed E-state index contributed by atoms with van der Waals surface area (Å²) in [7, 11) is 0. The predicted molar refractivity (Wildman–Crippen MR) is 147 cm³/mol. The van der Waals surface area contributed by atoms with Crippen LogP contribution < -0.4 is 10.1 Å². The Bertz CT molecular complexity index is 1250. The average Bonchev–Trinajstić information content (AvgIpc) is 3.25. The van der Waals surface area contributed by atoms with Crippen LogP contribution in [0.5, 0.6) is 5.75 Å². The number of thiophene rings is 1. The molecule has 2 saturated heterocycles. The Hall–Kier alpha value is -1.66. The topological polar surface area (TPSA) is 37.4 Å². The highest BCUT2D eigenvalue weighted by molar-refractivity contribution is 7.19. The Balaban J connectivity index is 1.33. The lowest BCUT2D eigenvalue weighted by Crippen LogP contribution is -2.42. The van der Waals surface area contributed by atoms with E-state index in [0.29, 0.717) is 17.5 Å². The molecule has 3 aromatic rings. The van der Waals surface area contributed by atoms with Gasteiger partial charge in [0.15, 0.2) is 0 Å². The highest BCUT2D eigenvalue weighted by Gasteiger charge is 2.62. The van der Waals surface area contributed by atoms with E-state index in [1.807, 2.05) is 23.6 Å². The van der Waals surface area contributed by atoms with Crippen LogP contribution in [-0.2, 0) is 0 Å². The predicted octanol–water partition coefficient (Wildman–Crippen LogP) is 7.09. The van der Waals surface area contributed by atoms with E-state index in [0.717, 1.165) is 58.6 Å². The molecule has 1 saturated carbocycles. The van der Waals surface area contributed by atoms with Crippen LogP contribution in [-0.4, -0.2) is 41.7 Å². The molecular weight excluding hydrogens is 474 g/mol. The van der Waals surface area contributed by atoms with E-state index in [-0.39, 0.29) is 6.10 Å². The van der Waals surface area contributed by atoms with Gasteiger partial charge in [0, 0.05) is 58.9 Å². The van der Waals surface area contributed by atoms with Crippen molar-refractivity contribution in [2.24, 2.45) is 17.3 Å². The van der Waals surface area contributed by atoms with Crippen LogP contribution in [0, 0.1) is 24.2 Å². The van der Waals surface area contributed by atoms with E-state index >= 15 is 0 Å². The first kappa shape index (κ1) is 23.7. The summed E-state index contributed by atoms with van der Waals surface area (Å²) in [5, 5.41) is 4.31. The van der Waals surface area contributed by atoms with Gasteiger partial charge < -0.3 is 10.1 Å². The molecule has 0 amide bonds. The molecule has 186 valence electrons. The number of hydrogen-bond donors (Lipinski definition) is 1. The largest absolute Gasteiger partial charge is 0.488 e. The van der Waals surface area contributed by atoms with Gasteiger partial charge in [-0.1, -0.05) is 25.4 Å². The van der Waals surface area contributed by atoms with Crippen LogP contribution >= 0.6 is 22.9 Å². The van der Waals surface area contributed by atoms with Crippen molar-refractivity contribution in [3.63, 3.8) is 0 Å². The number of hydrogen-bond acceptors (Lipinski definition) is 5. The number of aromatic nitrogens is 1. The number of fused-ring (bicyclic) bond motifs is 2. The molecule has 1 aliphatic carbocycles. The molecule has 6 rings (SSSR count). The maximum Gasteiger partial charge on any atom is 0.130 e. The summed E-state index contributed by atoms with van der Waals surface area (Å²) in [6.07, 6.45) is 4.30. The second-order valence-corrected chi connectivity index (χ2v) is 13.1. The minimum atomic E-state index is 0.173. The monoisotopic (exact) mass is 509 g/mol. The van der Waals surface area contributed by atoms with Crippen molar-refractivity contribution in [3.05, 3.63) is 45.9 Å². The fourth-order valence-corrected chi connectivity index (χ4v) is 7.86. The molecule has 1 N–H and O–H groups in total. The first-order chi connectivity index (χ1) is 16.7. The van der Waals surface area contributed by atoms with E-state index in [2.05, 4.69) is 63.0 Å². The number of aryl methyl sites for hydroxylation is 1. The molecule has 4 nitrogen and oxygen atoms in total. The Morgan fingerprint density at radius 3 is 2.66 bits per heavy atom. The number of halogens is 1. The number of likely N-dealkylation sites (tertiary alicyclic amines) is 1. The first-order valence-electron chi connectivity index (χ1n) is 13.1. The molecule has 3 fully saturated rings. The zero-order valence-electron chi connectivity index (χ0n) is 21.4. The van der Waals surface area contributed by atoms with Gasteiger partial charge in [0.05, 0.1) is 10.2 Å². The maximum absolute atomic E-state index is 6.65. The van der Waals surface area contributed by atoms with Crippen LogP contribution in [0.15, 0.2) is 30.5 Å². The average molecular weight is 510 g/mol. The van der Waals surface area contributed by atoms with Crippen molar-refractivity contribution in [2.45, 2.75) is 65.6 Å². The lowest BCUT2D eigenvalue weighted by Gasteiger charge is -2.29. The molecule has 4 heterocycles. The van der Waals surface area contributed by atoms with E-state index in [1.54, 1.807) is 0 Å². The van der Waals surface area contributed by atoms with Gasteiger partial charge in [-0.2, -0.15) is 0 Å². The minimum Gasteiger partial charge on any atom is -0.488 e. The third-order valence-electron chi connectivity index (χ3n) is 8.97. The molecule has 4 unspecified atom stereocenters. The van der Waals surface area contributed by atoms with Crippen LogP contribution in [0.4, 0.5) is 0 Å². The van der Waals surface area contributed by atoms with E-state index in [1.165, 1.54) is 28.2 Å². The number of nitrogens with one attached hydrogen (secondary N) is 1. The van der Waals surface area contributed by atoms with E-state index in [4.69, 9.17) is 21.3 Å². The molecule has 0 spiro atoms. The van der Waals surface area contributed by atoms with Gasteiger partial charge in [-0.15, -0.1) is 11.3 Å². The summed E-state index contributed by atoms with van der Waals surface area (Å²) >= 11 is 8.46. The molecule has 6 heteroatoms. The van der Waals surface area contributed by atoms with Crippen LogP contribution in [0.1, 0.15) is 57.0 Å². The van der Waals surface area contributed by atoms with Crippen LogP contribution in [0.3, 0.4) is 0 Å². The third-order valence-corrected chi connectivity index (χ3v) is 10.5. The minimum absolute atomic E-state index is 0.173. The van der Waals surface area contributed by atoms with Crippen molar-refractivity contribution in [1.82, 2.24) is 15.2 Å². The molecule has 0 radical (unpaired) electrons. The molecule has 2 aliphatic heterocycles. The number of nitrogens with zero attached hydrogens (tertiary/aromatic N) is 2. The zero-order valence-corrected chi connectivity index (χ0v) is 23.0. The first-order valence-corrected chi connectivity index (χ1v) is 14.2. The zero-order chi connectivity index (χ0) is 24.5. The highest BCUT2D eigenvalue weighted by atomic mass is 35.5. The summed E-state index contributed by atoms with van der Waals surface area (Å²) in [5.74, 6) is 2.67. The summed E-state index contributed by atoms with van der Waals surface area (Å²) in [6, 6.07) is 9.47. The van der Waals surface area contributed by atoms with Crippen molar-refractivity contribution in [3.8, 4) is 16.9 Å². The Labute approximate surface area is 218 Å². The lowest BCUT2D eigenvalue weighted by atomic mass is 10.0. The molecule has 3 aliphatic rings. The van der Waals surface area contributed by atoms with Crippen LogP contribution in [0.2, 0.25) is 5.02 Å². The van der Waals surface area contributed by atoms with E-state index < -0.39 is 0 Å². The molecule has 35 heavy (non-hydrogen) atoms. The Morgan fingerprint density at radius 2 is 1.94 bits per heavy atom. The second-order valence-electron chi connectivity index (χ2n) is 11.6. The second kappa shape index (κ2) is 8.72. The maximum atomic E-state index is 6.65. The fraction of sp³-hybridized carbons (Fsp3) is 0.552. The van der Waals surface area contributed by atoms with Crippen molar-refractivity contribution < 1.29 is 4.74 Å². The lowest BCUT2D eigenvalue weighted by molar-refractivity contribution is 0.152. The van der Waals surface area contributed by atoms with Crippen LogP contribution in [0.25, 0.3) is 21.3 Å². The fourth-order valence-electron chi connectivity index (χ4n) is 6.36. The van der Waals surface area contributed by atoms with Gasteiger partial charge in [0.2, 0.25) is 0 Å². The summed E-state index contributed by atoms with van der Waals surface area (Å²) < 4.78 is 7.87. The van der Waals surface area contributed by atoms with Gasteiger partial charge in [0.25, 0.3) is 0 Å². The van der Waals surface area contributed by atoms with Crippen molar-refractivity contribution >= 4 is 33.2 Å². The highest BCUT2D eigenvalue weighted by Crippen LogP contribution is 2.63. The number of rotatable bonds is 5. The summed E-state index contributed by atoms with van der Waals surface area (Å²) in [5.41, 5.74) is 4.93. The van der Waals surface area contributed by atoms with Gasteiger partial charge in [-0.25, -0.2) is 0 Å². The van der Waals surface area contributed by atoms with Gasteiger partial charge in [-0.05, 0) is 80.7 Å². The SMILES string of the molecule is Cc1cc(Cl)cc(-c2ccnc3cc([C@@H](C)N4CC5C(C4)C5(C)C)sc23)c1OC1CCC(C)NC1. The molecular formula is C29H36ClN3OS. The van der Waals surface area contributed by atoms with Gasteiger partial charge >= 0.3 is 0 Å². The number of ether oxygens (including phenoxy) is 1. The third kappa shape index (κ3) is 4.19. The number of piperidine rings is 2. The smallest absolute Gasteiger partial charge is 0.130 e. The normalized spacial score (nSPS) is 28.7. The summed E-state index contributed by atoms with van der Waals surface area (Å²) in [4.78, 5) is 8.81. The molecule has 2 aromatic heterocycles. The quantitative estimate of drug-likeness (QED) is 0.398.